The topological polar surface area (TPSA) is 114 Å². The van der Waals surface area contributed by atoms with Crippen LogP contribution in [-0.2, 0) is 17.4 Å². The van der Waals surface area contributed by atoms with Gasteiger partial charge in [0, 0.05) is 36.4 Å². The molecule has 0 bridgehead atoms. The standard InChI is InChI=1S/C26H26F3N5O4/c1-38-18-4-2-3-15(11-18)23-19-8-10-33(14-22(30)36)24(19)25(37)34(31-23)21-12-16(32-9-7-17(35)13-32)5-6-20(21)26(27,28)29/h2-6,11-12,17,35H,7-10,13-14H2,1H3,(H2,30,36)/t17-/m0/s1. The molecule has 1 saturated heterocycles. The molecule has 2 aromatic carbocycles. The van der Waals surface area contributed by atoms with Gasteiger partial charge in [-0.25, -0.2) is 0 Å². The summed E-state index contributed by atoms with van der Waals surface area (Å²) in [6, 6.07) is 10.4. The molecule has 1 aromatic heterocycles. The van der Waals surface area contributed by atoms with Gasteiger partial charge >= 0.3 is 6.18 Å². The van der Waals surface area contributed by atoms with Crippen molar-refractivity contribution in [2.75, 3.05) is 43.1 Å². The van der Waals surface area contributed by atoms with E-state index in [2.05, 4.69) is 5.10 Å². The number of aliphatic hydroxyl groups excluding tert-OH is 1. The van der Waals surface area contributed by atoms with Crippen LogP contribution in [0.25, 0.3) is 16.9 Å². The number of rotatable bonds is 6. The predicted octanol–water partition coefficient (Wildman–Crippen LogP) is 2.35. The lowest BCUT2D eigenvalue weighted by atomic mass is 10.0. The molecule has 3 N–H and O–H groups in total. The lowest BCUT2D eigenvalue weighted by Crippen LogP contribution is -2.37. The number of nitrogens with zero attached hydrogens (tertiary/aromatic N) is 4. The van der Waals surface area contributed by atoms with Crippen LogP contribution in [0.15, 0.2) is 47.3 Å². The Morgan fingerprint density at radius 1 is 1.21 bits per heavy atom. The molecule has 1 amide bonds. The molecule has 0 saturated carbocycles. The minimum absolute atomic E-state index is 0.0896. The van der Waals surface area contributed by atoms with Gasteiger partial charge in [-0.2, -0.15) is 23.0 Å². The van der Waals surface area contributed by atoms with Crippen molar-refractivity contribution >= 4 is 17.3 Å². The number of β-amino-alcohol motifs (C(OH)–C–C–N with tert-alkyl or cyclic N) is 1. The first-order valence-corrected chi connectivity index (χ1v) is 12.1. The molecule has 38 heavy (non-hydrogen) atoms. The second-order valence-electron chi connectivity index (χ2n) is 9.35. The SMILES string of the molecule is COc1cccc(-c2nn(-c3cc(N4CC[C@H](O)C4)ccc3C(F)(F)F)c(=O)c3c2CCN3CC(N)=O)c1. The molecular weight excluding hydrogens is 503 g/mol. The Bertz CT molecular complexity index is 1460. The summed E-state index contributed by atoms with van der Waals surface area (Å²) in [5.74, 6) is -0.164. The van der Waals surface area contributed by atoms with Crippen molar-refractivity contribution in [2.24, 2.45) is 5.73 Å². The zero-order valence-corrected chi connectivity index (χ0v) is 20.5. The third kappa shape index (κ3) is 4.67. The molecule has 0 spiro atoms. The molecule has 3 aromatic rings. The van der Waals surface area contributed by atoms with Crippen LogP contribution in [0.2, 0.25) is 0 Å². The van der Waals surface area contributed by atoms with Crippen molar-refractivity contribution < 1.29 is 27.8 Å². The summed E-state index contributed by atoms with van der Waals surface area (Å²) in [5.41, 5.74) is 5.03. The molecule has 9 nitrogen and oxygen atoms in total. The maximum Gasteiger partial charge on any atom is 0.418 e. The number of fused-ring (bicyclic) bond motifs is 1. The molecule has 1 atom stereocenters. The van der Waals surface area contributed by atoms with E-state index in [1.165, 1.54) is 24.1 Å². The highest BCUT2D eigenvalue weighted by Crippen LogP contribution is 2.38. The largest absolute Gasteiger partial charge is 0.497 e. The van der Waals surface area contributed by atoms with Gasteiger partial charge in [-0.05, 0) is 43.2 Å². The molecule has 0 unspecified atom stereocenters. The molecule has 2 aliphatic heterocycles. The lowest BCUT2D eigenvalue weighted by Gasteiger charge is -2.23. The van der Waals surface area contributed by atoms with Crippen LogP contribution in [0.3, 0.4) is 0 Å². The Balaban J connectivity index is 1.78. The van der Waals surface area contributed by atoms with Crippen LogP contribution < -0.4 is 25.8 Å². The van der Waals surface area contributed by atoms with Gasteiger partial charge in [0.1, 0.15) is 11.4 Å². The molecule has 3 heterocycles. The van der Waals surface area contributed by atoms with E-state index in [9.17, 15) is 27.9 Å². The quantitative estimate of drug-likeness (QED) is 0.504. The normalized spacial score (nSPS) is 17.1. The highest BCUT2D eigenvalue weighted by atomic mass is 19.4. The Labute approximate surface area is 215 Å². The molecule has 12 heteroatoms. The summed E-state index contributed by atoms with van der Waals surface area (Å²) in [6.07, 6.45) is -4.53. The Hall–Kier alpha value is -4.06. The van der Waals surface area contributed by atoms with Gasteiger partial charge in [-0.15, -0.1) is 0 Å². The molecule has 0 aliphatic carbocycles. The number of ether oxygens (including phenoxy) is 1. The summed E-state index contributed by atoms with van der Waals surface area (Å²) in [4.78, 5) is 28.8. The van der Waals surface area contributed by atoms with E-state index in [-0.39, 0.29) is 25.3 Å². The summed E-state index contributed by atoms with van der Waals surface area (Å²) < 4.78 is 48.7. The molecule has 0 radical (unpaired) electrons. The molecule has 1 fully saturated rings. The number of anilines is 2. The highest BCUT2D eigenvalue weighted by Gasteiger charge is 2.37. The number of hydrogen-bond acceptors (Lipinski definition) is 7. The Morgan fingerprint density at radius 2 is 2.00 bits per heavy atom. The first kappa shape index (κ1) is 25.6. The van der Waals surface area contributed by atoms with Crippen molar-refractivity contribution in [2.45, 2.75) is 25.1 Å². The first-order valence-electron chi connectivity index (χ1n) is 12.1. The number of primary amides is 1. The zero-order valence-electron chi connectivity index (χ0n) is 20.5. The van der Waals surface area contributed by atoms with Crippen LogP contribution in [0, 0.1) is 0 Å². The van der Waals surface area contributed by atoms with Gasteiger partial charge in [-0.3, -0.25) is 9.59 Å². The minimum Gasteiger partial charge on any atom is -0.497 e. The number of benzene rings is 2. The van der Waals surface area contributed by atoms with Gasteiger partial charge < -0.3 is 25.4 Å². The van der Waals surface area contributed by atoms with Crippen molar-refractivity contribution in [1.82, 2.24) is 9.78 Å². The average molecular weight is 530 g/mol. The van der Waals surface area contributed by atoms with E-state index in [1.54, 1.807) is 29.2 Å². The maximum absolute atomic E-state index is 14.2. The fourth-order valence-electron chi connectivity index (χ4n) is 5.09. The van der Waals surface area contributed by atoms with Gasteiger partial charge in [0.15, 0.2) is 0 Å². The van der Waals surface area contributed by atoms with E-state index in [0.717, 1.165) is 10.7 Å². The smallest absolute Gasteiger partial charge is 0.418 e. The van der Waals surface area contributed by atoms with Crippen molar-refractivity contribution in [3.63, 3.8) is 0 Å². The number of carbonyl (C=O) groups is 1. The van der Waals surface area contributed by atoms with Crippen molar-refractivity contribution in [3.05, 3.63) is 63.9 Å². The Kier molecular flexibility index (Phi) is 6.51. The number of amides is 1. The molecule has 2 aliphatic rings. The van der Waals surface area contributed by atoms with Crippen LogP contribution in [-0.4, -0.2) is 60.2 Å². The van der Waals surface area contributed by atoms with E-state index < -0.39 is 35.0 Å². The van der Waals surface area contributed by atoms with E-state index in [1.807, 2.05) is 0 Å². The number of aliphatic hydroxyl groups is 1. The van der Waals surface area contributed by atoms with Crippen LogP contribution in [0.4, 0.5) is 24.5 Å². The molecule has 200 valence electrons. The molecular formula is C26H26F3N5O4. The minimum atomic E-state index is -4.78. The third-order valence-corrected chi connectivity index (χ3v) is 6.85. The Morgan fingerprint density at radius 3 is 2.66 bits per heavy atom. The van der Waals surface area contributed by atoms with E-state index in [0.29, 0.717) is 47.6 Å². The highest BCUT2D eigenvalue weighted by molar-refractivity contribution is 5.82. The number of nitrogens with two attached hydrogens (primary N) is 1. The second kappa shape index (κ2) is 9.67. The van der Waals surface area contributed by atoms with Crippen molar-refractivity contribution in [1.29, 1.82) is 0 Å². The number of hydrogen-bond donors (Lipinski definition) is 2. The fourth-order valence-corrected chi connectivity index (χ4v) is 5.09. The van der Waals surface area contributed by atoms with E-state index >= 15 is 0 Å². The average Bonchev–Trinajstić information content (AvgIpc) is 3.50. The summed E-state index contributed by atoms with van der Waals surface area (Å²) in [7, 11) is 1.49. The lowest BCUT2D eigenvalue weighted by molar-refractivity contribution is -0.137. The second-order valence-corrected chi connectivity index (χ2v) is 9.35. The van der Waals surface area contributed by atoms with Gasteiger partial charge in [0.25, 0.3) is 5.56 Å². The number of carbonyl (C=O) groups excluding carboxylic acids is 1. The predicted molar refractivity (Wildman–Crippen MR) is 135 cm³/mol. The van der Waals surface area contributed by atoms with Crippen LogP contribution in [0.5, 0.6) is 5.75 Å². The monoisotopic (exact) mass is 529 g/mol. The van der Waals surface area contributed by atoms with Gasteiger partial charge in [0.05, 0.1) is 36.7 Å². The van der Waals surface area contributed by atoms with Gasteiger partial charge in [-0.1, -0.05) is 12.1 Å². The fraction of sp³-hybridized carbons (Fsp3) is 0.346. The number of alkyl halides is 3. The third-order valence-electron chi connectivity index (χ3n) is 6.85. The summed E-state index contributed by atoms with van der Waals surface area (Å²) >= 11 is 0. The maximum atomic E-state index is 14.2. The molecule has 5 rings (SSSR count). The van der Waals surface area contributed by atoms with Crippen LogP contribution in [0.1, 0.15) is 17.5 Å². The number of methoxy groups -OCH3 is 1. The summed E-state index contributed by atoms with van der Waals surface area (Å²) in [6.45, 7) is 0.744. The van der Waals surface area contributed by atoms with E-state index in [4.69, 9.17) is 10.5 Å². The van der Waals surface area contributed by atoms with Crippen molar-refractivity contribution in [3.8, 4) is 22.7 Å². The van der Waals surface area contributed by atoms with Crippen LogP contribution >= 0.6 is 0 Å². The summed E-state index contributed by atoms with van der Waals surface area (Å²) in [5, 5.41) is 14.4. The zero-order chi connectivity index (χ0) is 27.2. The van der Waals surface area contributed by atoms with Gasteiger partial charge in [0.2, 0.25) is 5.91 Å². The number of aromatic nitrogens is 2. The first-order chi connectivity index (χ1) is 18.1. The number of halogens is 3.